The van der Waals surface area contributed by atoms with Gasteiger partial charge in [0, 0.05) is 18.7 Å². The second-order valence-electron chi connectivity index (χ2n) is 6.47. The highest BCUT2D eigenvalue weighted by Gasteiger charge is 2.34. The monoisotopic (exact) mass is 307 g/mol. The van der Waals surface area contributed by atoms with Crippen LogP contribution in [0.15, 0.2) is 0 Å². The van der Waals surface area contributed by atoms with Crippen molar-refractivity contribution in [2.75, 3.05) is 12.8 Å². The van der Waals surface area contributed by atoms with Crippen LogP contribution in [0, 0.1) is 5.92 Å². The van der Waals surface area contributed by atoms with Gasteiger partial charge in [-0.05, 0) is 40.0 Å². The van der Waals surface area contributed by atoms with Crippen molar-refractivity contribution >= 4 is 15.9 Å². The van der Waals surface area contributed by atoms with Gasteiger partial charge >= 0.3 is 6.09 Å². The Labute approximate surface area is 120 Å². The van der Waals surface area contributed by atoms with Crippen LogP contribution in [-0.4, -0.2) is 49.4 Å². The first-order valence-corrected chi connectivity index (χ1v) is 8.78. The molecule has 7 heteroatoms. The molecule has 118 valence electrons. The van der Waals surface area contributed by atoms with Crippen molar-refractivity contribution in [2.24, 2.45) is 5.92 Å². The molecule has 0 aromatic heterocycles. The predicted octanol–water partition coefficient (Wildman–Crippen LogP) is 1.09. The molecule has 0 saturated heterocycles. The summed E-state index contributed by atoms with van der Waals surface area (Å²) in [7, 11) is -3.11. The van der Waals surface area contributed by atoms with E-state index in [-0.39, 0.29) is 12.3 Å². The fourth-order valence-electron chi connectivity index (χ4n) is 2.33. The third kappa shape index (κ3) is 5.66. The van der Waals surface area contributed by atoms with Gasteiger partial charge in [0.1, 0.15) is 15.4 Å². The van der Waals surface area contributed by atoms with E-state index in [1.54, 1.807) is 20.8 Å². The summed E-state index contributed by atoms with van der Waals surface area (Å²) < 4.78 is 28.0. The number of carbonyl (C=O) groups is 1. The van der Waals surface area contributed by atoms with E-state index in [1.807, 2.05) is 0 Å². The lowest BCUT2D eigenvalue weighted by Gasteiger charge is -2.32. The molecule has 1 aliphatic carbocycles. The van der Waals surface area contributed by atoms with Gasteiger partial charge in [0.25, 0.3) is 0 Å². The molecule has 6 nitrogen and oxygen atoms in total. The maximum absolute atomic E-state index is 11.5. The van der Waals surface area contributed by atoms with Crippen LogP contribution < -0.4 is 5.32 Å². The van der Waals surface area contributed by atoms with Crippen molar-refractivity contribution < 1.29 is 23.1 Å². The zero-order valence-corrected chi connectivity index (χ0v) is 13.4. The van der Waals surface area contributed by atoms with Gasteiger partial charge in [0.05, 0.1) is 11.4 Å². The Kier molecular flexibility index (Phi) is 5.43. The van der Waals surface area contributed by atoms with Crippen LogP contribution in [0.2, 0.25) is 0 Å². The number of hydrogen-bond acceptors (Lipinski definition) is 5. The van der Waals surface area contributed by atoms with E-state index in [2.05, 4.69) is 5.32 Å². The number of carbonyl (C=O) groups excluding carboxylic acids is 1. The molecule has 2 N–H and O–H groups in total. The van der Waals surface area contributed by atoms with Crippen LogP contribution >= 0.6 is 0 Å². The lowest BCUT2D eigenvalue weighted by atomic mass is 9.86. The molecule has 0 aromatic rings. The SMILES string of the molecule is CC(C)(C)OC(=O)NC[C@H]1CC[C@H](S(C)(=O)=O)C[C@@H]1O. The summed E-state index contributed by atoms with van der Waals surface area (Å²) in [4.78, 5) is 11.5. The van der Waals surface area contributed by atoms with Crippen LogP contribution in [0.1, 0.15) is 40.0 Å². The van der Waals surface area contributed by atoms with Crippen molar-refractivity contribution in [1.29, 1.82) is 0 Å². The molecule has 0 heterocycles. The molecule has 0 radical (unpaired) electrons. The molecular formula is C13H25NO5S. The first-order chi connectivity index (χ1) is 8.99. The van der Waals surface area contributed by atoms with Crippen molar-refractivity contribution in [3.05, 3.63) is 0 Å². The summed E-state index contributed by atoms with van der Waals surface area (Å²) in [6, 6.07) is 0. The standard InChI is InChI=1S/C13H25NO5S/c1-13(2,3)19-12(16)14-8-9-5-6-10(7-11(9)15)20(4,17)18/h9-11,15H,5-8H2,1-4H3,(H,14,16)/t9-,10+,11+/m1/s1. The normalized spacial score (nSPS) is 27.9. The number of alkyl carbamates (subject to hydrolysis) is 1. The number of hydrogen-bond donors (Lipinski definition) is 2. The largest absolute Gasteiger partial charge is 0.444 e. The molecular weight excluding hydrogens is 282 g/mol. The molecule has 3 atom stereocenters. The minimum absolute atomic E-state index is 0.125. The van der Waals surface area contributed by atoms with Gasteiger partial charge in [0.2, 0.25) is 0 Å². The van der Waals surface area contributed by atoms with Gasteiger partial charge in [0.15, 0.2) is 0 Å². The molecule has 20 heavy (non-hydrogen) atoms. The summed E-state index contributed by atoms with van der Waals surface area (Å²) in [6.45, 7) is 5.63. The highest BCUT2D eigenvalue weighted by atomic mass is 32.2. The van der Waals surface area contributed by atoms with Crippen LogP contribution in [-0.2, 0) is 14.6 Å². The minimum atomic E-state index is -3.11. The zero-order valence-electron chi connectivity index (χ0n) is 12.5. The van der Waals surface area contributed by atoms with Gasteiger partial charge in [-0.3, -0.25) is 0 Å². The fourth-order valence-corrected chi connectivity index (χ4v) is 3.44. The molecule has 1 rings (SSSR count). The molecule has 1 fully saturated rings. The van der Waals surface area contributed by atoms with Crippen LogP contribution in [0.25, 0.3) is 0 Å². The third-order valence-corrected chi connectivity index (χ3v) is 5.06. The van der Waals surface area contributed by atoms with Gasteiger partial charge < -0.3 is 15.2 Å². The number of amides is 1. The summed E-state index contributed by atoms with van der Waals surface area (Å²) in [5, 5.41) is 12.1. The van der Waals surface area contributed by atoms with Crippen LogP contribution in [0.3, 0.4) is 0 Å². The van der Waals surface area contributed by atoms with E-state index in [0.29, 0.717) is 19.4 Å². The Morgan fingerprint density at radius 2 is 1.95 bits per heavy atom. The molecule has 0 bridgehead atoms. The van der Waals surface area contributed by atoms with E-state index < -0.39 is 32.9 Å². The summed E-state index contributed by atoms with van der Waals surface area (Å²) in [6.07, 6.45) is 1.31. The molecule has 0 aromatic carbocycles. The lowest BCUT2D eigenvalue weighted by Crippen LogP contribution is -2.43. The Morgan fingerprint density at radius 1 is 1.35 bits per heavy atom. The van der Waals surface area contributed by atoms with E-state index >= 15 is 0 Å². The number of rotatable bonds is 3. The lowest BCUT2D eigenvalue weighted by molar-refractivity contribution is 0.0437. The topological polar surface area (TPSA) is 92.7 Å². The predicted molar refractivity (Wildman–Crippen MR) is 76.2 cm³/mol. The quantitative estimate of drug-likeness (QED) is 0.814. The van der Waals surface area contributed by atoms with E-state index in [4.69, 9.17) is 4.74 Å². The summed E-state index contributed by atoms with van der Waals surface area (Å²) >= 11 is 0. The number of nitrogens with one attached hydrogen (secondary N) is 1. The van der Waals surface area contributed by atoms with E-state index in [0.717, 1.165) is 0 Å². The van der Waals surface area contributed by atoms with Crippen LogP contribution in [0.4, 0.5) is 4.79 Å². The van der Waals surface area contributed by atoms with Gasteiger partial charge in [-0.1, -0.05) is 0 Å². The first kappa shape index (κ1) is 17.2. The van der Waals surface area contributed by atoms with E-state index in [1.165, 1.54) is 6.26 Å². The second kappa shape index (κ2) is 6.30. The molecule has 1 aliphatic rings. The average Bonchev–Trinajstić information content (AvgIpc) is 2.23. The Hall–Kier alpha value is -0.820. The fraction of sp³-hybridized carbons (Fsp3) is 0.923. The third-order valence-electron chi connectivity index (χ3n) is 3.42. The Bertz CT molecular complexity index is 440. The van der Waals surface area contributed by atoms with Crippen LogP contribution in [0.5, 0.6) is 0 Å². The Balaban J connectivity index is 2.42. The number of aliphatic hydroxyl groups excluding tert-OH is 1. The van der Waals surface area contributed by atoms with Crippen molar-refractivity contribution in [3.8, 4) is 0 Å². The smallest absolute Gasteiger partial charge is 0.407 e. The van der Waals surface area contributed by atoms with Gasteiger partial charge in [-0.25, -0.2) is 13.2 Å². The van der Waals surface area contributed by atoms with Crippen molar-refractivity contribution in [2.45, 2.75) is 57.0 Å². The number of sulfone groups is 1. The maximum atomic E-state index is 11.5. The average molecular weight is 307 g/mol. The maximum Gasteiger partial charge on any atom is 0.407 e. The zero-order chi connectivity index (χ0) is 15.6. The molecule has 1 saturated carbocycles. The first-order valence-electron chi connectivity index (χ1n) is 6.83. The summed E-state index contributed by atoms with van der Waals surface area (Å²) in [5.41, 5.74) is -0.559. The van der Waals surface area contributed by atoms with Crippen molar-refractivity contribution in [1.82, 2.24) is 5.32 Å². The minimum Gasteiger partial charge on any atom is -0.444 e. The highest BCUT2D eigenvalue weighted by Crippen LogP contribution is 2.28. The number of ether oxygens (including phenoxy) is 1. The number of aliphatic hydroxyl groups is 1. The van der Waals surface area contributed by atoms with Crippen molar-refractivity contribution in [3.63, 3.8) is 0 Å². The molecule has 0 aliphatic heterocycles. The second-order valence-corrected chi connectivity index (χ2v) is 8.80. The van der Waals surface area contributed by atoms with E-state index in [9.17, 15) is 18.3 Å². The molecule has 0 spiro atoms. The molecule has 1 amide bonds. The van der Waals surface area contributed by atoms with Gasteiger partial charge in [-0.15, -0.1) is 0 Å². The van der Waals surface area contributed by atoms with Gasteiger partial charge in [-0.2, -0.15) is 0 Å². The highest BCUT2D eigenvalue weighted by molar-refractivity contribution is 7.91. The Morgan fingerprint density at radius 3 is 2.40 bits per heavy atom. The molecule has 0 unspecified atom stereocenters. The summed E-state index contributed by atoms with van der Waals surface area (Å²) in [5.74, 6) is -0.125.